The lowest BCUT2D eigenvalue weighted by Crippen LogP contribution is -2.29. The maximum absolute atomic E-state index is 13.1. The second-order valence-corrected chi connectivity index (χ2v) is 9.26. The third-order valence-corrected chi connectivity index (χ3v) is 6.88. The number of hydrogen-bond acceptors (Lipinski definition) is 6. The van der Waals surface area contributed by atoms with Crippen molar-refractivity contribution in [1.29, 1.82) is 0 Å². The van der Waals surface area contributed by atoms with Crippen LogP contribution in [-0.2, 0) is 4.79 Å². The molecule has 2 heterocycles. The molecule has 0 saturated carbocycles. The Morgan fingerprint density at radius 3 is 2.51 bits per heavy atom. The Hall–Kier alpha value is -3.37. The number of rotatable bonds is 8. The molecule has 0 aromatic heterocycles. The summed E-state index contributed by atoms with van der Waals surface area (Å²) in [4.78, 5) is 22.6. The molecule has 0 spiro atoms. The molecule has 2 fully saturated rings. The van der Waals surface area contributed by atoms with Gasteiger partial charge in [0.2, 0.25) is 0 Å². The number of piperidine rings is 1. The van der Waals surface area contributed by atoms with E-state index in [1.807, 2.05) is 50.3 Å². The number of carbonyl (C=O) groups excluding carboxylic acids is 1. The van der Waals surface area contributed by atoms with E-state index in [0.717, 1.165) is 24.3 Å². The lowest BCUT2D eigenvalue weighted by atomic mass is 10.1. The smallest absolute Gasteiger partial charge is 0.266 e. The van der Waals surface area contributed by atoms with E-state index < -0.39 is 0 Å². The Morgan fingerprint density at radius 2 is 1.83 bits per heavy atom. The SMILES string of the molecule is C#CCOc1ccc(/C=C2/SC(=Nc3ccc(N4CCCCC4)cc3)N(CC)C2=O)cc1OCC. The molecule has 182 valence electrons. The maximum Gasteiger partial charge on any atom is 0.266 e. The van der Waals surface area contributed by atoms with Crippen molar-refractivity contribution in [2.75, 3.05) is 37.7 Å². The summed E-state index contributed by atoms with van der Waals surface area (Å²) in [5.41, 5.74) is 2.92. The molecule has 2 aliphatic rings. The minimum absolute atomic E-state index is 0.0493. The minimum Gasteiger partial charge on any atom is -0.490 e. The number of aliphatic imine (C=N–C) groups is 1. The Bertz CT molecular complexity index is 1150. The molecule has 0 unspecified atom stereocenters. The zero-order valence-electron chi connectivity index (χ0n) is 20.3. The summed E-state index contributed by atoms with van der Waals surface area (Å²) in [5.74, 6) is 3.60. The molecule has 2 aromatic rings. The van der Waals surface area contributed by atoms with E-state index in [4.69, 9.17) is 20.9 Å². The van der Waals surface area contributed by atoms with Gasteiger partial charge in [0, 0.05) is 25.3 Å². The van der Waals surface area contributed by atoms with Crippen molar-refractivity contribution in [3.63, 3.8) is 0 Å². The van der Waals surface area contributed by atoms with Gasteiger partial charge in [-0.15, -0.1) is 6.42 Å². The highest BCUT2D eigenvalue weighted by Gasteiger charge is 2.32. The van der Waals surface area contributed by atoms with Crippen molar-refractivity contribution in [3.8, 4) is 23.8 Å². The number of amides is 1. The van der Waals surface area contributed by atoms with Crippen LogP contribution in [0.1, 0.15) is 38.7 Å². The first-order chi connectivity index (χ1) is 17.1. The lowest BCUT2D eigenvalue weighted by molar-refractivity contribution is -0.122. The zero-order chi connectivity index (χ0) is 24.6. The highest BCUT2D eigenvalue weighted by Crippen LogP contribution is 2.36. The third-order valence-electron chi connectivity index (χ3n) is 5.88. The van der Waals surface area contributed by atoms with E-state index in [1.165, 1.54) is 36.7 Å². The van der Waals surface area contributed by atoms with Gasteiger partial charge >= 0.3 is 0 Å². The van der Waals surface area contributed by atoms with Crippen molar-refractivity contribution < 1.29 is 14.3 Å². The number of hydrogen-bond donors (Lipinski definition) is 0. The summed E-state index contributed by atoms with van der Waals surface area (Å²) in [6.07, 6.45) is 11.0. The van der Waals surface area contributed by atoms with Crippen LogP contribution < -0.4 is 14.4 Å². The van der Waals surface area contributed by atoms with Gasteiger partial charge in [-0.05, 0) is 92.9 Å². The van der Waals surface area contributed by atoms with E-state index >= 15 is 0 Å². The minimum atomic E-state index is -0.0493. The first-order valence-electron chi connectivity index (χ1n) is 12.1. The van der Waals surface area contributed by atoms with Crippen molar-refractivity contribution in [3.05, 3.63) is 52.9 Å². The molecule has 0 aliphatic carbocycles. The average Bonchev–Trinajstić information content (AvgIpc) is 3.18. The van der Waals surface area contributed by atoms with Crippen LogP contribution in [0.2, 0.25) is 0 Å². The van der Waals surface area contributed by atoms with Crippen molar-refractivity contribution in [2.24, 2.45) is 4.99 Å². The van der Waals surface area contributed by atoms with Crippen LogP contribution in [0.15, 0.2) is 52.4 Å². The normalized spacial score (nSPS) is 18.3. The molecule has 6 nitrogen and oxygen atoms in total. The van der Waals surface area contributed by atoms with E-state index in [1.54, 1.807) is 4.90 Å². The van der Waals surface area contributed by atoms with Gasteiger partial charge in [-0.1, -0.05) is 12.0 Å². The average molecular weight is 490 g/mol. The van der Waals surface area contributed by atoms with Crippen molar-refractivity contribution in [1.82, 2.24) is 4.90 Å². The Morgan fingerprint density at radius 1 is 1.06 bits per heavy atom. The van der Waals surface area contributed by atoms with Gasteiger partial charge in [-0.25, -0.2) is 4.99 Å². The van der Waals surface area contributed by atoms with Crippen molar-refractivity contribution >= 4 is 40.3 Å². The van der Waals surface area contributed by atoms with E-state index in [0.29, 0.717) is 34.7 Å². The fourth-order valence-corrected chi connectivity index (χ4v) is 5.21. The largest absolute Gasteiger partial charge is 0.490 e. The summed E-state index contributed by atoms with van der Waals surface area (Å²) < 4.78 is 11.3. The second kappa shape index (κ2) is 11.9. The molecule has 0 N–H and O–H groups in total. The Balaban J connectivity index is 1.54. The standard InChI is InChI=1S/C28H31N3O3S/c1-4-18-34-24-15-10-21(19-25(24)33-6-3)20-26-27(32)31(5-2)28(35-26)29-22-11-13-23(14-12-22)30-16-8-7-9-17-30/h1,10-15,19-20H,5-9,16-18H2,2-3H3/b26-20+,29-28?. The Kier molecular flexibility index (Phi) is 8.38. The molecule has 2 aliphatic heterocycles. The molecule has 0 atom stereocenters. The lowest BCUT2D eigenvalue weighted by Gasteiger charge is -2.28. The summed E-state index contributed by atoms with van der Waals surface area (Å²) >= 11 is 1.39. The number of carbonyl (C=O) groups is 1. The molecule has 1 amide bonds. The number of thioether (sulfide) groups is 1. The zero-order valence-corrected chi connectivity index (χ0v) is 21.1. The molecule has 35 heavy (non-hydrogen) atoms. The number of amidine groups is 1. The number of likely N-dealkylation sites (N-methyl/N-ethyl adjacent to an activating group) is 1. The summed E-state index contributed by atoms with van der Waals surface area (Å²) in [6, 6.07) is 13.9. The Labute approximate surface area is 212 Å². The molecule has 0 bridgehead atoms. The maximum atomic E-state index is 13.1. The van der Waals surface area contributed by atoms with Gasteiger partial charge in [0.15, 0.2) is 16.7 Å². The van der Waals surface area contributed by atoms with Gasteiger partial charge < -0.3 is 14.4 Å². The highest BCUT2D eigenvalue weighted by molar-refractivity contribution is 8.18. The summed E-state index contributed by atoms with van der Waals surface area (Å²) in [7, 11) is 0. The van der Waals surface area contributed by atoms with Crippen LogP contribution in [0, 0.1) is 12.3 Å². The quantitative estimate of drug-likeness (QED) is 0.351. The van der Waals surface area contributed by atoms with Gasteiger partial charge in [-0.3, -0.25) is 9.69 Å². The predicted octanol–water partition coefficient (Wildman–Crippen LogP) is 5.71. The third kappa shape index (κ3) is 6.01. The van der Waals surface area contributed by atoms with Crippen LogP contribution in [0.5, 0.6) is 11.5 Å². The highest BCUT2D eigenvalue weighted by atomic mass is 32.2. The second-order valence-electron chi connectivity index (χ2n) is 8.25. The molecular formula is C28H31N3O3S. The summed E-state index contributed by atoms with van der Waals surface area (Å²) in [6.45, 7) is 7.30. The predicted molar refractivity (Wildman–Crippen MR) is 144 cm³/mol. The van der Waals surface area contributed by atoms with Gasteiger partial charge in [-0.2, -0.15) is 0 Å². The van der Waals surface area contributed by atoms with Gasteiger partial charge in [0.25, 0.3) is 5.91 Å². The van der Waals surface area contributed by atoms with E-state index in [2.05, 4.69) is 23.0 Å². The first-order valence-corrected chi connectivity index (χ1v) is 12.9. The molecule has 4 rings (SSSR count). The molecule has 7 heteroatoms. The van der Waals surface area contributed by atoms with Crippen molar-refractivity contribution in [2.45, 2.75) is 33.1 Å². The van der Waals surface area contributed by atoms with Crippen LogP contribution in [0.4, 0.5) is 11.4 Å². The van der Waals surface area contributed by atoms with E-state index in [9.17, 15) is 4.79 Å². The van der Waals surface area contributed by atoms with Gasteiger partial charge in [0.05, 0.1) is 17.2 Å². The molecule has 2 saturated heterocycles. The summed E-state index contributed by atoms with van der Waals surface area (Å²) in [5, 5.41) is 0.688. The molecule has 0 radical (unpaired) electrons. The van der Waals surface area contributed by atoms with Crippen LogP contribution in [0.25, 0.3) is 6.08 Å². The van der Waals surface area contributed by atoms with Crippen LogP contribution >= 0.6 is 11.8 Å². The monoisotopic (exact) mass is 489 g/mol. The number of terminal acetylenes is 1. The first kappa shape index (κ1) is 24.7. The van der Waals surface area contributed by atoms with Crippen LogP contribution in [-0.4, -0.2) is 48.8 Å². The fraction of sp³-hybridized carbons (Fsp3) is 0.357. The molecular weight excluding hydrogens is 458 g/mol. The number of nitrogens with zero attached hydrogens (tertiary/aromatic N) is 3. The van der Waals surface area contributed by atoms with Gasteiger partial charge in [0.1, 0.15) is 6.61 Å². The van der Waals surface area contributed by atoms with Crippen LogP contribution in [0.3, 0.4) is 0 Å². The topological polar surface area (TPSA) is 54.4 Å². The van der Waals surface area contributed by atoms with E-state index in [-0.39, 0.29) is 12.5 Å². The number of ether oxygens (including phenoxy) is 2. The number of anilines is 1. The fourth-order valence-electron chi connectivity index (χ4n) is 4.14. The number of benzene rings is 2. The molecule has 2 aromatic carbocycles.